The van der Waals surface area contributed by atoms with Crippen LogP contribution in [0.25, 0.3) is 0 Å². The van der Waals surface area contributed by atoms with Crippen LogP contribution in [0.4, 0.5) is 5.69 Å². The highest BCUT2D eigenvalue weighted by molar-refractivity contribution is 5.92. The molecule has 3 aliphatic rings. The van der Waals surface area contributed by atoms with Crippen LogP contribution in [0.15, 0.2) is 24.3 Å². The van der Waals surface area contributed by atoms with Crippen LogP contribution >= 0.6 is 0 Å². The number of benzene rings is 1. The average Bonchev–Trinajstić information content (AvgIpc) is 3.64. The third kappa shape index (κ3) is 5.79. The van der Waals surface area contributed by atoms with Crippen LogP contribution in [0.5, 0.6) is 0 Å². The number of aromatic nitrogens is 4. The fraction of sp³-hybridized carbons (Fsp3) is 0.704. The predicted octanol–water partition coefficient (Wildman–Crippen LogP) is 3.11. The minimum Gasteiger partial charge on any atom is -0.325 e. The van der Waals surface area contributed by atoms with Gasteiger partial charge in [-0.25, -0.2) is 4.68 Å². The zero-order valence-electron chi connectivity index (χ0n) is 22.2. The monoisotopic (exact) mass is 494 g/mol. The molecule has 0 spiro atoms. The number of amides is 1. The Bertz CT molecular complexity index is 994. The Hall–Kier alpha value is -2.36. The second-order valence-electron chi connectivity index (χ2n) is 11.7. The van der Waals surface area contributed by atoms with Crippen molar-refractivity contribution in [2.24, 2.45) is 0 Å². The molecule has 9 nitrogen and oxygen atoms in total. The van der Waals surface area contributed by atoms with E-state index in [4.69, 9.17) is 0 Å². The van der Waals surface area contributed by atoms with E-state index >= 15 is 0 Å². The molecule has 1 saturated carbocycles. The molecule has 1 atom stereocenters. The molecule has 1 aliphatic carbocycles. The van der Waals surface area contributed by atoms with Crippen molar-refractivity contribution < 1.29 is 4.79 Å². The average molecular weight is 495 g/mol. The standard InChI is InChI=1S/C27H42N8O/c1-27(2,3)35-26(29-30-31-35)25(34-18-16-33(17-19-34)23-8-4-5-9-23)21-10-12-22(13-11-21)28-24(36)20-32-14-6-7-15-32/h10-13,23,25H,4-9,14-20H2,1-3H3,(H,28,36). The fourth-order valence-corrected chi connectivity index (χ4v) is 6.09. The molecule has 0 radical (unpaired) electrons. The van der Waals surface area contributed by atoms with Crippen molar-refractivity contribution in [1.82, 2.24) is 34.9 Å². The second kappa shape index (κ2) is 10.9. The van der Waals surface area contributed by atoms with Crippen molar-refractivity contribution >= 4 is 11.6 Å². The highest BCUT2D eigenvalue weighted by Crippen LogP contribution is 2.32. The molecule has 0 bridgehead atoms. The number of rotatable bonds is 7. The Labute approximate surface area is 215 Å². The summed E-state index contributed by atoms with van der Waals surface area (Å²) in [5.74, 6) is 0.934. The van der Waals surface area contributed by atoms with E-state index in [1.165, 1.54) is 38.5 Å². The third-order valence-corrected chi connectivity index (χ3v) is 8.00. The topological polar surface area (TPSA) is 82.4 Å². The van der Waals surface area contributed by atoms with Crippen LogP contribution in [0.1, 0.15) is 76.7 Å². The van der Waals surface area contributed by atoms with Gasteiger partial charge in [0.1, 0.15) is 0 Å². The zero-order valence-corrected chi connectivity index (χ0v) is 22.2. The van der Waals surface area contributed by atoms with Gasteiger partial charge >= 0.3 is 0 Å². The third-order valence-electron chi connectivity index (χ3n) is 8.00. The fourth-order valence-electron chi connectivity index (χ4n) is 6.09. The van der Waals surface area contributed by atoms with Crippen LogP contribution in [0.2, 0.25) is 0 Å². The summed E-state index contributed by atoms with van der Waals surface area (Å²) in [6.45, 7) is 13.1. The van der Waals surface area contributed by atoms with Crippen LogP contribution in [-0.2, 0) is 10.3 Å². The van der Waals surface area contributed by atoms with Crippen LogP contribution in [0.3, 0.4) is 0 Å². The molecule has 3 fully saturated rings. The lowest BCUT2D eigenvalue weighted by atomic mass is 10.0. The highest BCUT2D eigenvalue weighted by Gasteiger charge is 2.34. The molecule has 1 unspecified atom stereocenters. The molecule has 2 aliphatic heterocycles. The first kappa shape index (κ1) is 25.3. The van der Waals surface area contributed by atoms with E-state index in [-0.39, 0.29) is 17.5 Å². The maximum Gasteiger partial charge on any atom is 0.238 e. The molecule has 2 aromatic rings. The van der Waals surface area contributed by atoms with Gasteiger partial charge in [0.2, 0.25) is 5.91 Å². The molecule has 36 heavy (non-hydrogen) atoms. The number of carbonyl (C=O) groups is 1. The summed E-state index contributed by atoms with van der Waals surface area (Å²) in [5.41, 5.74) is 1.78. The van der Waals surface area contributed by atoms with Gasteiger partial charge in [-0.1, -0.05) is 25.0 Å². The Morgan fingerprint density at radius 1 is 0.972 bits per heavy atom. The molecule has 196 valence electrons. The highest BCUT2D eigenvalue weighted by atomic mass is 16.2. The summed E-state index contributed by atoms with van der Waals surface area (Å²) in [7, 11) is 0. The van der Waals surface area contributed by atoms with Gasteiger partial charge in [-0.05, 0) is 87.7 Å². The van der Waals surface area contributed by atoms with Crippen LogP contribution < -0.4 is 5.32 Å². The first-order chi connectivity index (χ1) is 17.4. The summed E-state index contributed by atoms with van der Waals surface area (Å²) in [6.07, 6.45) is 7.80. The van der Waals surface area contributed by atoms with Crippen molar-refractivity contribution in [3.63, 3.8) is 0 Å². The number of anilines is 1. The van der Waals surface area contributed by atoms with Crippen molar-refractivity contribution in [2.45, 2.75) is 76.9 Å². The lowest BCUT2D eigenvalue weighted by molar-refractivity contribution is -0.117. The van der Waals surface area contributed by atoms with Gasteiger partial charge in [-0.15, -0.1) is 5.10 Å². The number of tetrazole rings is 1. The van der Waals surface area contributed by atoms with Gasteiger partial charge in [0.15, 0.2) is 5.82 Å². The Balaban J connectivity index is 1.33. The molecular weight excluding hydrogens is 452 g/mol. The lowest BCUT2D eigenvalue weighted by Crippen LogP contribution is -2.51. The Morgan fingerprint density at radius 3 is 2.28 bits per heavy atom. The summed E-state index contributed by atoms with van der Waals surface area (Å²) in [6, 6.07) is 9.02. The van der Waals surface area contributed by atoms with E-state index in [9.17, 15) is 4.79 Å². The molecule has 1 amide bonds. The molecule has 2 saturated heterocycles. The van der Waals surface area contributed by atoms with Gasteiger partial charge in [0, 0.05) is 37.9 Å². The van der Waals surface area contributed by atoms with E-state index in [0.717, 1.165) is 62.4 Å². The number of carbonyl (C=O) groups excluding carboxylic acids is 1. The smallest absolute Gasteiger partial charge is 0.238 e. The van der Waals surface area contributed by atoms with E-state index in [1.54, 1.807) is 0 Å². The second-order valence-corrected chi connectivity index (χ2v) is 11.7. The molecule has 1 N–H and O–H groups in total. The zero-order chi connectivity index (χ0) is 25.1. The Kier molecular flexibility index (Phi) is 7.69. The number of hydrogen-bond donors (Lipinski definition) is 1. The molecule has 3 heterocycles. The number of hydrogen-bond acceptors (Lipinski definition) is 7. The maximum atomic E-state index is 12.5. The summed E-state index contributed by atoms with van der Waals surface area (Å²) < 4.78 is 1.97. The normalized spacial score (nSPS) is 21.8. The number of likely N-dealkylation sites (tertiary alicyclic amines) is 1. The van der Waals surface area contributed by atoms with E-state index in [2.05, 4.69) is 68.4 Å². The maximum absolute atomic E-state index is 12.5. The largest absolute Gasteiger partial charge is 0.325 e. The SMILES string of the molecule is CC(C)(C)n1nnnc1C(c1ccc(NC(=O)CN2CCCC2)cc1)N1CCN(C2CCCC2)CC1. The van der Waals surface area contributed by atoms with E-state index in [0.29, 0.717) is 6.54 Å². The van der Waals surface area contributed by atoms with Gasteiger partial charge in [0.25, 0.3) is 0 Å². The van der Waals surface area contributed by atoms with Crippen LogP contribution in [0, 0.1) is 0 Å². The lowest BCUT2D eigenvalue weighted by Gasteiger charge is -2.41. The molecule has 5 rings (SSSR count). The van der Waals surface area contributed by atoms with Gasteiger partial charge in [0.05, 0.1) is 18.1 Å². The van der Waals surface area contributed by atoms with Crippen molar-refractivity contribution in [2.75, 3.05) is 51.1 Å². The quantitative estimate of drug-likeness (QED) is 0.633. The summed E-state index contributed by atoms with van der Waals surface area (Å²) in [5, 5.41) is 16.1. The summed E-state index contributed by atoms with van der Waals surface area (Å²) in [4.78, 5) is 20.0. The minimum absolute atomic E-state index is 0.0284. The molecular formula is C27H42N8O. The Morgan fingerprint density at radius 2 is 1.64 bits per heavy atom. The van der Waals surface area contributed by atoms with Crippen LogP contribution in [-0.4, -0.2) is 92.7 Å². The van der Waals surface area contributed by atoms with Crippen molar-refractivity contribution in [3.8, 4) is 0 Å². The molecule has 1 aromatic heterocycles. The first-order valence-corrected chi connectivity index (χ1v) is 13.8. The van der Waals surface area contributed by atoms with Gasteiger partial charge in [-0.3, -0.25) is 19.5 Å². The van der Waals surface area contributed by atoms with E-state index < -0.39 is 0 Å². The number of piperazine rings is 1. The van der Waals surface area contributed by atoms with Gasteiger partial charge < -0.3 is 5.32 Å². The number of nitrogens with zero attached hydrogens (tertiary/aromatic N) is 7. The number of nitrogens with one attached hydrogen (secondary N) is 1. The first-order valence-electron chi connectivity index (χ1n) is 13.8. The summed E-state index contributed by atoms with van der Waals surface area (Å²) >= 11 is 0. The van der Waals surface area contributed by atoms with E-state index in [1.807, 2.05) is 16.8 Å². The van der Waals surface area contributed by atoms with Crippen molar-refractivity contribution in [3.05, 3.63) is 35.7 Å². The van der Waals surface area contributed by atoms with Gasteiger partial charge in [-0.2, -0.15) is 0 Å². The predicted molar refractivity (Wildman–Crippen MR) is 141 cm³/mol. The molecule has 9 heteroatoms. The minimum atomic E-state index is -0.216. The van der Waals surface area contributed by atoms with Crippen molar-refractivity contribution in [1.29, 1.82) is 0 Å². The molecule has 1 aromatic carbocycles.